The monoisotopic (exact) mass is 227 g/mol. The first-order valence-corrected chi connectivity index (χ1v) is 4.76. The molecule has 0 saturated carbocycles. The Morgan fingerprint density at radius 1 is 1.44 bits per heavy atom. The van der Waals surface area contributed by atoms with E-state index in [0.29, 0.717) is 12.1 Å². The second-order valence-electron chi connectivity index (χ2n) is 3.93. The van der Waals surface area contributed by atoms with E-state index in [-0.39, 0.29) is 11.4 Å². The maximum Gasteiger partial charge on any atom is 0.246 e. The highest BCUT2D eigenvalue weighted by Crippen LogP contribution is 1.99. The highest BCUT2D eigenvalue weighted by atomic mass is 16.2. The molecule has 0 unspecified atom stereocenters. The van der Waals surface area contributed by atoms with Crippen molar-refractivity contribution in [1.82, 2.24) is 5.32 Å². The molecule has 0 heterocycles. The molecule has 0 aliphatic heterocycles. The molecule has 0 aromatic rings. The van der Waals surface area contributed by atoms with Crippen LogP contribution in [-0.4, -0.2) is 23.9 Å². The molecule has 0 radical (unpaired) electrons. The van der Waals surface area contributed by atoms with Crippen LogP contribution in [0, 0.1) is 0 Å². The van der Waals surface area contributed by atoms with Crippen LogP contribution >= 0.6 is 0 Å². The van der Waals surface area contributed by atoms with Crippen molar-refractivity contribution in [1.29, 1.82) is 0 Å². The predicted molar refractivity (Wildman–Crippen MR) is 65.5 cm³/mol. The van der Waals surface area contributed by atoms with E-state index >= 15 is 0 Å². The summed E-state index contributed by atoms with van der Waals surface area (Å²) in [5.41, 5.74) is 10.1. The molecular weight excluding hydrogens is 206 g/mol. The predicted octanol–water partition coefficient (Wildman–Crippen LogP) is 0.0737. The van der Waals surface area contributed by atoms with Crippen molar-refractivity contribution in [2.45, 2.75) is 26.3 Å². The molecule has 0 aliphatic rings. The van der Waals surface area contributed by atoms with Gasteiger partial charge in [0.2, 0.25) is 11.8 Å². The molecule has 0 spiro atoms. The molecule has 0 fully saturated rings. The van der Waals surface area contributed by atoms with E-state index in [0.717, 1.165) is 6.08 Å². The zero-order valence-corrected chi connectivity index (χ0v) is 10.2. The molecule has 0 aromatic carbocycles. The molecule has 5 heteroatoms. The summed E-state index contributed by atoms with van der Waals surface area (Å²) in [6, 6.07) is 0. The second-order valence-corrected chi connectivity index (χ2v) is 3.93. The lowest BCUT2D eigenvalue weighted by atomic mass is 10.1. The van der Waals surface area contributed by atoms with E-state index in [1.807, 2.05) is 13.8 Å². The summed E-state index contributed by atoms with van der Waals surface area (Å²) in [7, 11) is 0. The Kier molecular flexibility index (Phi) is 8.02. The molecule has 5 nitrogen and oxygen atoms in total. The minimum Gasteiger partial charge on any atom is -0.366 e. The highest BCUT2D eigenvalue weighted by Gasteiger charge is 2.17. The van der Waals surface area contributed by atoms with Gasteiger partial charge in [0.05, 0.1) is 0 Å². The van der Waals surface area contributed by atoms with Gasteiger partial charge in [-0.05, 0) is 26.8 Å². The van der Waals surface area contributed by atoms with Gasteiger partial charge in [0, 0.05) is 17.7 Å². The van der Waals surface area contributed by atoms with E-state index in [4.69, 9.17) is 5.73 Å². The number of nitrogens with two attached hydrogens (primary N) is 2. The zero-order chi connectivity index (χ0) is 13.4. The maximum absolute atomic E-state index is 11.1. The Morgan fingerprint density at radius 3 is 2.00 bits per heavy atom. The summed E-state index contributed by atoms with van der Waals surface area (Å²) in [5, 5.41) is 2.74. The van der Waals surface area contributed by atoms with Crippen molar-refractivity contribution in [3.63, 3.8) is 0 Å². The van der Waals surface area contributed by atoms with Gasteiger partial charge in [0.25, 0.3) is 0 Å². The van der Waals surface area contributed by atoms with Gasteiger partial charge in [-0.2, -0.15) is 0 Å². The summed E-state index contributed by atoms with van der Waals surface area (Å²) < 4.78 is 0. The lowest BCUT2D eigenvalue weighted by Crippen LogP contribution is -2.49. The van der Waals surface area contributed by atoms with E-state index in [1.54, 1.807) is 6.92 Å². The average molecular weight is 227 g/mol. The fourth-order valence-corrected chi connectivity index (χ4v) is 0.465. The number of carbonyl (C=O) groups is 2. The first kappa shape index (κ1) is 16.8. The van der Waals surface area contributed by atoms with Crippen LogP contribution in [0.3, 0.4) is 0 Å². The van der Waals surface area contributed by atoms with Gasteiger partial charge in [-0.1, -0.05) is 13.2 Å². The highest BCUT2D eigenvalue weighted by molar-refractivity contribution is 5.92. The van der Waals surface area contributed by atoms with E-state index in [1.165, 1.54) is 0 Å². The van der Waals surface area contributed by atoms with Crippen molar-refractivity contribution < 1.29 is 9.59 Å². The van der Waals surface area contributed by atoms with Gasteiger partial charge in [-0.25, -0.2) is 0 Å². The molecule has 0 aromatic heterocycles. The molecule has 0 bridgehead atoms. The zero-order valence-electron chi connectivity index (χ0n) is 10.2. The summed E-state index contributed by atoms with van der Waals surface area (Å²) in [4.78, 5) is 20.5. The smallest absolute Gasteiger partial charge is 0.246 e. The standard InChI is InChI=1S/C8H16N2O.C3H5NO/c1-6(2)7(11)10-8(3,4)5-9;1-2-3(4)5/h1,5,9H2,2-4H3,(H,10,11);2H,1H2,(H2,4,5). The van der Waals surface area contributed by atoms with Gasteiger partial charge in [0.15, 0.2) is 0 Å². The topological polar surface area (TPSA) is 98.2 Å². The lowest BCUT2D eigenvalue weighted by Gasteiger charge is -2.24. The van der Waals surface area contributed by atoms with Crippen molar-refractivity contribution in [3.05, 3.63) is 24.8 Å². The number of primary amides is 1. The first-order valence-electron chi connectivity index (χ1n) is 4.76. The van der Waals surface area contributed by atoms with Crippen molar-refractivity contribution in [2.24, 2.45) is 11.5 Å². The van der Waals surface area contributed by atoms with E-state index in [9.17, 15) is 9.59 Å². The summed E-state index contributed by atoms with van der Waals surface area (Å²) in [6.07, 6.45) is 1.06. The lowest BCUT2D eigenvalue weighted by molar-refractivity contribution is -0.119. The van der Waals surface area contributed by atoms with Gasteiger partial charge >= 0.3 is 0 Å². The molecule has 0 aliphatic carbocycles. The van der Waals surface area contributed by atoms with Crippen molar-refractivity contribution in [2.75, 3.05) is 6.54 Å². The molecular formula is C11H21N3O2. The van der Waals surface area contributed by atoms with Crippen LogP contribution in [0.1, 0.15) is 20.8 Å². The van der Waals surface area contributed by atoms with Crippen molar-refractivity contribution >= 4 is 11.8 Å². The Labute approximate surface area is 96.6 Å². The SMILES string of the molecule is C=C(C)C(=O)NC(C)(C)CN.C=CC(N)=O. The van der Waals surface area contributed by atoms with Gasteiger partial charge in [-0.3, -0.25) is 9.59 Å². The van der Waals surface area contributed by atoms with Gasteiger partial charge in [-0.15, -0.1) is 0 Å². The molecule has 5 N–H and O–H groups in total. The molecule has 0 rings (SSSR count). The minimum absolute atomic E-state index is 0.138. The normalized spacial score (nSPS) is 9.50. The number of nitrogens with one attached hydrogen (secondary N) is 1. The van der Waals surface area contributed by atoms with Crippen LogP contribution < -0.4 is 16.8 Å². The number of hydrogen-bond acceptors (Lipinski definition) is 3. The van der Waals surface area contributed by atoms with E-state index < -0.39 is 5.91 Å². The quantitative estimate of drug-likeness (QED) is 0.593. The average Bonchev–Trinajstić information content (AvgIpc) is 2.18. The third-order valence-corrected chi connectivity index (χ3v) is 1.55. The number of hydrogen-bond donors (Lipinski definition) is 3. The largest absolute Gasteiger partial charge is 0.366 e. The maximum atomic E-state index is 11.1. The Morgan fingerprint density at radius 2 is 1.81 bits per heavy atom. The van der Waals surface area contributed by atoms with Crippen LogP contribution in [0.5, 0.6) is 0 Å². The Bertz CT molecular complexity index is 283. The molecule has 0 atom stereocenters. The van der Waals surface area contributed by atoms with Crippen LogP contribution in [0.15, 0.2) is 24.8 Å². The van der Waals surface area contributed by atoms with Gasteiger partial charge < -0.3 is 16.8 Å². The number of amides is 2. The fourth-order valence-electron chi connectivity index (χ4n) is 0.465. The molecule has 92 valence electrons. The van der Waals surface area contributed by atoms with Crippen molar-refractivity contribution in [3.8, 4) is 0 Å². The summed E-state index contributed by atoms with van der Waals surface area (Å²) >= 11 is 0. The number of rotatable bonds is 4. The third-order valence-electron chi connectivity index (χ3n) is 1.55. The fraction of sp³-hybridized carbons (Fsp3) is 0.455. The third kappa shape index (κ3) is 10.5. The second kappa shape index (κ2) is 7.64. The first-order chi connectivity index (χ1) is 7.16. The van der Waals surface area contributed by atoms with Crippen LogP contribution in [0.4, 0.5) is 0 Å². The summed E-state index contributed by atoms with van der Waals surface area (Å²) in [5.74, 6) is -0.620. The molecule has 2 amide bonds. The van der Waals surface area contributed by atoms with Gasteiger partial charge in [0.1, 0.15) is 0 Å². The molecule has 16 heavy (non-hydrogen) atoms. The van der Waals surface area contributed by atoms with Crippen LogP contribution in [-0.2, 0) is 9.59 Å². The Balaban J connectivity index is 0. The minimum atomic E-state index is -0.481. The Hall–Kier alpha value is -1.62. The molecule has 0 saturated heterocycles. The van der Waals surface area contributed by atoms with E-state index in [2.05, 4.69) is 24.2 Å². The van der Waals surface area contributed by atoms with Crippen LogP contribution in [0.25, 0.3) is 0 Å². The summed E-state index contributed by atoms with van der Waals surface area (Å²) in [6.45, 7) is 12.4. The van der Waals surface area contributed by atoms with Crippen LogP contribution in [0.2, 0.25) is 0 Å². The number of carbonyl (C=O) groups excluding carboxylic acids is 2.